The summed E-state index contributed by atoms with van der Waals surface area (Å²) in [7, 11) is 1.51. The summed E-state index contributed by atoms with van der Waals surface area (Å²) in [5.41, 5.74) is 6.42. The molecular formula is C11H18ClNO3. The Balaban J connectivity index is 0.00000225. The van der Waals surface area contributed by atoms with E-state index in [1.165, 1.54) is 7.11 Å². The van der Waals surface area contributed by atoms with Crippen molar-refractivity contribution in [1.29, 1.82) is 0 Å². The van der Waals surface area contributed by atoms with Gasteiger partial charge < -0.3 is 20.7 Å². The van der Waals surface area contributed by atoms with Gasteiger partial charge in [0.1, 0.15) is 0 Å². The predicted molar refractivity (Wildman–Crippen MR) is 65.2 cm³/mol. The van der Waals surface area contributed by atoms with Gasteiger partial charge in [-0.2, -0.15) is 0 Å². The number of phenols is 1. The quantitative estimate of drug-likeness (QED) is 0.724. The van der Waals surface area contributed by atoms with Crippen molar-refractivity contribution in [2.24, 2.45) is 11.7 Å². The monoisotopic (exact) mass is 247 g/mol. The van der Waals surface area contributed by atoms with Gasteiger partial charge in [0.2, 0.25) is 0 Å². The molecule has 1 aromatic carbocycles. The van der Waals surface area contributed by atoms with E-state index < -0.39 is 0 Å². The van der Waals surface area contributed by atoms with Crippen molar-refractivity contribution in [2.75, 3.05) is 20.3 Å². The van der Waals surface area contributed by atoms with E-state index in [9.17, 15) is 5.11 Å². The molecule has 0 bridgehead atoms. The molecule has 0 saturated carbocycles. The van der Waals surface area contributed by atoms with Crippen LogP contribution in [0.2, 0.25) is 0 Å². The van der Waals surface area contributed by atoms with Crippen LogP contribution in [0, 0.1) is 5.92 Å². The number of benzene rings is 1. The fourth-order valence-corrected chi connectivity index (χ4v) is 1.42. The molecule has 5 heteroatoms. The van der Waals surface area contributed by atoms with Crippen LogP contribution < -0.4 is 10.5 Å². The van der Waals surface area contributed by atoms with Gasteiger partial charge in [0, 0.05) is 6.61 Å². The van der Waals surface area contributed by atoms with Crippen LogP contribution in [-0.4, -0.2) is 30.5 Å². The van der Waals surface area contributed by atoms with Crippen LogP contribution in [0.4, 0.5) is 0 Å². The van der Waals surface area contributed by atoms with Gasteiger partial charge in [0.15, 0.2) is 11.5 Å². The maximum absolute atomic E-state index is 9.53. The summed E-state index contributed by atoms with van der Waals surface area (Å²) >= 11 is 0. The zero-order chi connectivity index (χ0) is 11.3. The molecule has 0 aliphatic rings. The molecule has 0 spiro atoms. The highest BCUT2D eigenvalue weighted by atomic mass is 35.5. The van der Waals surface area contributed by atoms with Crippen molar-refractivity contribution in [3.8, 4) is 11.5 Å². The summed E-state index contributed by atoms with van der Waals surface area (Å²) in [5.74, 6) is 0.605. The first-order valence-corrected chi connectivity index (χ1v) is 4.88. The Morgan fingerprint density at radius 3 is 2.56 bits per heavy atom. The van der Waals surface area contributed by atoms with Crippen LogP contribution in [0.25, 0.3) is 0 Å². The first kappa shape index (κ1) is 15.0. The minimum absolute atomic E-state index is 0. The molecule has 0 fully saturated rings. The Kier molecular flexibility index (Phi) is 6.88. The minimum Gasteiger partial charge on any atom is -0.504 e. The Morgan fingerprint density at radius 2 is 2.12 bits per heavy atom. The molecule has 0 amide bonds. The molecule has 0 aliphatic heterocycles. The number of aliphatic hydroxyl groups is 1. The molecule has 92 valence electrons. The third-order valence-electron chi connectivity index (χ3n) is 2.36. The molecule has 1 atom stereocenters. The smallest absolute Gasteiger partial charge is 0.160 e. The Morgan fingerprint density at radius 1 is 1.44 bits per heavy atom. The van der Waals surface area contributed by atoms with Gasteiger partial charge in [-0.05, 0) is 36.6 Å². The van der Waals surface area contributed by atoms with Crippen LogP contribution in [0.5, 0.6) is 11.5 Å². The van der Waals surface area contributed by atoms with Crippen LogP contribution in [0.1, 0.15) is 5.56 Å². The van der Waals surface area contributed by atoms with E-state index in [1.807, 2.05) is 6.07 Å². The first-order valence-electron chi connectivity index (χ1n) is 4.88. The number of ether oxygens (including phenoxy) is 1. The van der Waals surface area contributed by atoms with E-state index in [0.29, 0.717) is 18.7 Å². The average Bonchev–Trinajstić information content (AvgIpc) is 2.26. The molecule has 4 N–H and O–H groups in total. The number of aromatic hydroxyl groups is 1. The summed E-state index contributed by atoms with van der Waals surface area (Å²) in [6.07, 6.45) is 0.657. The van der Waals surface area contributed by atoms with Gasteiger partial charge in [-0.15, -0.1) is 12.4 Å². The largest absolute Gasteiger partial charge is 0.504 e. The summed E-state index contributed by atoms with van der Waals surface area (Å²) in [5, 5.41) is 18.5. The third-order valence-corrected chi connectivity index (χ3v) is 2.36. The number of nitrogens with two attached hydrogens (primary N) is 1. The number of aliphatic hydroxyl groups excluding tert-OH is 1. The molecule has 0 heterocycles. The highest BCUT2D eigenvalue weighted by molar-refractivity contribution is 5.85. The summed E-state index contributed by atoms with van der Waals surface area (Å²) in [6.45, 7) is 0.493. The van der Waals surface area contributed by atoms with Gasteiger partial charge >= 0.3 is 0 Å². The van der Waals surface area contributed by atoms with Gasteiger partial charge in [-0.1, -0.05) is 6.07 Å². The van der Waals surface area contributed by atoms with Gasteiger partial charge in [0.25, 0.3) is 0 Å². The fourth-order valence-electron chi connectivity index (χ4n) is 1.42. The maximum atomic E-state index is 9.53. The molecule has 1 unspecified atom stereocenters. The Labute approximate surface area is 101 Å². The summed E-state index contributed by atoms with van der Waals surface area (Å²) in [6, 6.07) is 5.20. The van der Waals surface area contributed by atoms with Crippen molar-refractivity contribution < 1.29 is 14.9 Å². The number of hydrogen-bond donors (Lipinski definition) is 3. The van der Waals surface area contributed by atoms with E-state index >= 15 is 0 Å². The molecule has 0 saturated heterocycles. The molecule has 0 radical (unpaired) electrons. The average molecular weight is 248 g/mol. The van der Waals surface area contributed by atoms with Gasteiger partial charge in [0.05, 0.1) is 7.11 Å². The standard InChI is InChI=1S/C11H17NO3.ClH/c1-15-11-3-2-8(5-10(11)14)4-9(6-12)7-13;/h2-3,5,9,13-14H,4,6-7,12H2,1H3;1H. The van der Waals surface area contributed by atoms with Crippen LogP contribution >= 0.6 is 12.4 Å². The number of hydrogen-bond acceptors (Lipinski definition) is 4. The molecule has 1 aromatic rings. The second kappa shape index (κ2) is 7.33. The van der Waals surface area contributed by atoms with Crippen LogP contribution in [0.3, 0.4) is 0 Å². The number of rotatable bonds is 5. The molecule has 0 aromatic heterocycles. The van der Waals surface area contributed by atoms with E-state index in [2.05, 4.69) is 0 Å². The maximum Gasteiger partial charge on any atom is 0.160 e. The second-order valence-corrected chi connectivity index (χ2v) is 3.49. The van der Waals surface area contributed by atoms with Crippen molar-refractivity contribution in [3.05, 3.63) is 23.8 Å². The zero-order valence-electron chi connectivity index (χ0n) is 9.22. The number of phenolic OH excluding ortho intramolecular Hbond substituents is 1. The van der Waals surface area contributed by atoms with E-state index in [4.69, 9.17) is 15.6 Å². The first-order chi connectivity index (χ1) is 7.21. The van der Waals surface area contributed by atoms with Crippen molar-refractivity contribution in [3.63, 3.8) is 0 Å². The van der Waals surface area contributed by atoms with E-state index in [0.717, 1.165) is 5.56 Å². The lowest BCUT2D eigenvalue weighted by molar-refractivity contribution is 0.229. The highest BCUT2D eigenvalue weighted by Crippen LogP contribution is 2.27. The normalized spacial score (nSPS) is 11.7. The van der Waals surface area contributed by atoms with Gasteiger partial charge in [-0.3, -0.25) is 0 Å². The summed E-state index contributed by atoms with van der Waals surface area (Å²) < 4.78 is 4.93. The molecular weight excluding hydrogens is 230 g/mol. The van der Waals surface area contributed by atoms with Crippen molar-refractivity contribution >= 4 is 12.4 Å². The fraction of sp³-hybridized carbons (Fsp3) is 0.455. The lowest BCUT2D eigenvalue weighted by Gasteiger charge is -2.12. The molecule has 0 aliphatic carbocycles. The molecule has 4 nitrogen and oxygen atoms in total. The topological polar surface area (TPSA) is 75.7 Å². The van der Waals surface area contributed by atoms with Crippen molar-refractivity contribution in [2.45, 2.75) is 6.42 Å². The van der Waals surface area contributed by atoms with Crippen molar-refractivity contribution in [1.82, 2.24) is 0 Å². The van der Waals surface area contributed by atoms with Gasteiger partial charge in [-0.25, -0.2) is 0 Å². The predicted octanol–water partition coefficient (Wildman–Crippen LogP) is 0.932. The number of methoxy groups -OCH3 is 1. The molecule has 1 rings (SSSR count). The summed E-state index contributed by atoms with van der Waals surface area (Å²) in [4.78, 5) is 0. The van der Waals surface area contributed by atoms with E-state index in [-0.39, 0.29) is 30.7 Å². The van der Waals surface area contributed by atoms with E-state index in [1.54, 1.807) is 12.1 Å². The lowest BCUT2D eigenvalue weighted by atomic mass is 10.00. The third kappa shape index (κ3) is 3.89. The second-order valence-electron chi connectivity index (χ2n) is 3.49. The zero-order valence-corrected chi connectivity index (χ0v) is 10.0. The molecule has 16 heavy (non-hydrogen) atoms. The number of halogens is 1. The van der Waals surface area contributed by atoms with Crippen LogP contribution in [-0.2, 0) is 6.42 Å². The minimum atomic E-state index is 0. The SMILES string of the molecule is COc1ccc(CC(CN)CO)cc1O.Cl. The Bertz CT molecular complexity index is 316. The van der Waals surface area contributed by atoms with Crippen LogP contribution in [0.15, 0.2) is 18.2 Å². The highest BCUT2D eigenvalue weighted by Gasteiger charge is 2.08. The lowest BCUT2D eigenvalue weighted by Crippen LogP contribution is -2.20. The Hall–Kier alpha value is -0.970.